The molecule has 1 N–H and O–H groups in total. The first kappa shape index (κ1) is 16.0. The van der Waals surface area contributed by atoms with E-state index in [1.165, 1.54) is 6.26 Å². The molecule has 1 aromatic carbocycles. The first-order valence-electron chi connectivity index (χ1n) is 6.65. The van der Waals surface area contributed by atoms with Gasteiger partial charge in [-0.2, -0.15) is 0 Å². The molecule has 0 aliphatic rings. The number of benzene rings is 1. The SMILES string of the molecule is CCN(CC)CC(C)Nc1ccc(S(C)(=O)=O)cc1. The van der Waals surface area contributed by atoms with Gasteiger partial charge in [0.05, 0.1) is 4.90 Å². The van der Waals surface area contributed by atoms with Gasteiger partial charge in [0, 0.05) is 24.5 Å². The Kier molecular flexibility index (Phi) is 5.82. The van der Waals surface area contributed by atoms with Gasteiger partial charge in [0.15, 0.2) is 9.84 Å². The standard InChI is InChI=1S/C14H24N2O2S/c1-5-16(6-2)11-12(3)15-13-7-9-14(10-8-13)19(4,17)18/h7-10,12,15H,5-6,11H2,1-4H3. The zero-order valence-electron chi connectivity index (χ0n) is 12.2. The van der Waals surface area contributed by atoms with E-state index in [1.807, 2.05) is 12.1 Å². The van der Waals surface area contributed by atoms with Crippen LogP contribution in [0.25, 0.3) is 0 Å². The van der Waals surface area contributed by atoms with Crippen molar-refractivity contribution in [1.29, 1.82) is 0 Å². The van der Waals surface area contributed by atoms with Gasteiger partial charge in [0.2, 0.25) is 0 Å². The van der Waals surface area contributed by atoms with Gasteiger partial charge in [0.1, 0.15) is 0 Å². The Balaban J connectivity index is 2.63. The molecule has 1 aromatic rings. The number of hydrogen-bond acceptors (Lipinski definition) is 4. The van der Waals surface area contributed by atoms with Crippen LogP contribution in [0, 0.1) is 0 Å². The Morgan fingerprint density at radius 1 is 1.16 bits per heavy atom. The fourth-order valence-corrected chi connectivity index (χ4v) is 2.63. The average molecular weight is 284 g/mol. The van der Waals surface area contributed by atoms with E-state index in [-0.39, 0.29) is 0 Å². The summed E-state index contributed by atoms with van der Waals surface area (Å²) in [5.41, 5.74) is 0.951. The lowest BCUT2D eigenvalue weighted by Gasteiger charge is -2.24. The summed E-state index contributed by atoms with van der Waals surface area (Å²) in [5.74, 6) is 0. The van der Waals surface area contributed by atoms with Gasteiger partial charge in [-0.15, -0.1) is 0 Å². The molecule has 5 heteroatoms. The molecular weight excluding hydrogens is 260 g/mol. The molecule has 0 radical (unpaired) electrons. The van der Waals surface area contributed by atoms with Crippen LogP contribution in [0.2, 0.25) is 0 Å². The fraction of sp³-hybridized carbons (Fsp3) is 0.571. The van der Waals surface area contributed by atoms with Crippen LogP contribution in [0.4, 0.5) is 5.69 Å². The molecule has 0 fully saturated rings. The lowest BCUT2D eigenvalue weighted by molar-refractivity contribution is 0.295. The van der Waals surface area contributed by atoms with E-state index in [4.69, 9.17) is 0 Å². The summed E-state index contributed by atoms with van der Waals surface area (Å²) >= 11 is 0. The third-order valence-electron chi connectivity index (χ3n) is 3.12. The molecule has 0 heterocycles. The predicted octanol–water partition coefficient (Wildman–Crippen LogP) is 2.23. The number of rotatable bonds is 7. The van der Waals surface area contributed by atoms with Crippen molar-refractivity contribution in [3.63, 3.8) is 0 Å². The Hall–Kier alpha value is -1.07. The topological polar surface area (TPSA) is 49.4 Å². The van der Waals surface area contributed by atoms with Crippen molar-refractivity contribution in [2.45, 2.75) is 31.7 Å². The summed E-state index contributed by atoms with van der Waals surface area (Å²) in [6, 6.07) is 7.23. The van der Waals surface area contributed by atoms with Gasteiger partial charge in [-0.3, -0.25) is 0 Å². The van der Waals surface area contributed by atoms with Crippen LogP contribution in [-0.2, 0) is 9.84 Å². The van der Waals surface area contributed by atoms with Gasteiger partial charge in [-0.1, -0.05) is 13.8 Å². The van der Waals surface area contributed by atoms with Gasteiger partial charge in [-0.05, 0) is 44.3 Å². The molecule has 4 nitrogen and oxygen atoms in total. The third kappa shape index (κ3) is 5.20. The van der Waals surface area contributed by atoms with Crippen LogP contribution in [0.5, 0.6) is 0 Å². The normalized spacial score (nSPS) is 13.5. The Labute approximate surface area is 116 Å². The second kappa shape index (κ2) is 6.91. The summed E-state index contributed by atoms with van der Waals surface area (Å²) in [6.07, 6.45) is 1.22. The second-order valence-electron chi connectivity index (χ2n) is 4.83. The fourth-order valence-electron chi connectivity index (χ4n) is 2.00. The van der Waals surface area contributed by atoms with Crippen molar-refractivity contribution < 1.29 is 8.42 Å². The monoisotopic (exact) mass is 284 g/mol. The van der Waals surface area contributed by atoms with Crippen LogP contribution >= 0.6 is 0 Å². The minimum absolute atomic E-state index is 0.323. The molecule has 0 spiro atoms. The largest absolute Gasteiger partial charge is 0.381 e. The second-order valence-corrected chi connectivity index (χ2v) is 6.84. The zero-order chi connectivity index (χ0) is 14.5. The maximum absolute atomic E-state index is 11.4. The van der Waals surface area contributed by atoms with Gasteiger partial charge < -0.3 is 10.2 Å². The summed E-state index contributed by atoms with van der Waals surface area (Å²) < 4.78 is 22.7. The van der Waals surface area contributed by atoms with E-state index in [0.29, 0.717) is 10.9 Å². The van der Waals surface area contributed by atoms with Crippen molar-refractivity contribution in [3.05, 3.63) is 24.3 Å². The van der Waals surface area contributed by atoms with Gasteiger partial charge in [-0.25, -0.2) is 8.42 Å². The van der Waals surface area contributed by atoms with Crippen molar-refractivity contribution in [2.75, 3.05) is 31.2 Å². The van der Waals surface area contributed by atoms with Crippen molar-refractivity contribution in [1.82, 2.24) is 4.90 Å². The van der Waals surface area contributed by atoms with Crippen molar-refractivity contribution in [3.8, 4) is 0 Å². The van der Waals surface area contributed by atoms with Crippen LogP contribution < -0.4 is 5.32 Å². The predicted molar refractivity (Wildman–Crippen MR) is 80.4 cm³/mol. The van der Waals surface area contributed by atoms with E-state index in [1.54, 1.807) is 12.1 Å². The molecule has 19 heavy (non-hydrogen) atoms. The molecule has 0 amide bonds. The zero-order valence-corrected chi connectivity index (χ0v) is 13.0. The summed E-state index contributed by atoms with van der Waals surface area (Å²) in [5, 5.41) is 3.38. The van der Waals surface area contributed by atoms with E-state index < -0.39 is 9.84 Å². The lowest BCUT2D eigenvalue weighted by Crippen LogP contribution is -2.34. The number of anilines is 1. The Bertz CT molecular complexity index is 479. The Morgan fingerprint density at radius 2 is 1.68 bits per heavy atom. The number of sulfone groups is 1. The summed E-state index contributed by atoms with van der Waals surface area (Å²) in [7, 11) is -3.11. The number of nitrogens with zero attached hydrogens (tertiary/aromatic N) is 1. The highest BCUT2D eigenvalue weighted by Gasteiger charge is 2.09. The van der Waals surface area contributed by atoms with Crippen LogP contribution in [-0.4, -0.2) is 45.2 Å². The highest BCUT2D eigenvalue weighted by molar-refractivity contribution is 7.90. The van der Waals surface area contributed by atoms with Crippen molar-refractivity contribution >= 4 is 15.5 Å². The van der Waals surface area contributed by atoms with E-state index in [0.717, 1.165) is 25.3 Å². The maximum Gasteiger partial charge on any atom is 0.175 e. The molecule has 0 aliphatic heterocycles. The van der Waals surface area contributed by atoms with Crippen molar-refractivity contribution in [2.24, 2.45) is 0 Å². The highest BCUT2D eigenvalue weighted by atomic mass is 32.2. The van der Waals surface area contributed by atoms with Gasteiger partial charge >= 0.3 is 0 Å². The Morgan fingerprint density at radius 3 is 2.11 bits per heavy atom. The lowest BCUT2D eigenvalue weighted by atomic mass is 10.2. The molecule has 108 valence electrons. The number of likely N-dealkylation sites (N-methyl/N-ethyl adjacent to an activating group) is 1. The molecule has 0 bridgehead atoms. The minimum Gasteiger partial charge on any atom is -0.381 e. The maximum atomic E-state index is 11.4. The molecule has 1 atom stereocenters. The highest BCUT2D eigenvalue weighted by Crippen LogP contribution is 2.14. The van der Waals surface area contributed by atoms with Gasteiger partial charge in [0.25, 0.3) is 0 Å². The molecule has 0 aliphatic carbocycles. The van der Waals surface area contributed by atoms with E-state index in [9.17, 15) is 8.42 Å². The smallest absolute Gasteiger partial charge is 0.175 e. The molecule has 1 unspecified atom stereocenters. The molecular formula is C14H24N2O2S. The number of hydrogen-bond donors (Lipinski definition) is 1. The quantitative estimate of drug-likeness (QED) is 0.834. The first-order valence-corrected chi connectivity index (χ1v) is 8.55. The molecule has 0 saturated carbocycles. The van der Waals surface area contributed by atoms with E-state index in [2.05, 4.69) is 31.0 Å². The third-order valence-corrected chi connectivity index (χ3v) is 4.25. The van der Waals surface area contributed by atoms with E-state index >= 15 is 0 Å². The summed E-state index contributed by atoms with van der Waals surface area (Å²) in [6.45, 7) is 9.48. The molecule has 0 saturated heterocycles. The first-order chi connectivity index (χ1) is 8.86. The molecule has 1 rings (SSSR count). The molecule has 0 aromatic heterocycles. The average Bonchev–Trinajstić information content (AvgIpc) is 2.35. The minimum atomic E-state index is -3.11. The van der Waals surface area contributed by atoms with Crippen LogP contribution in [0.3, 0.4) is 0 Å². The van der Waals surface area contributed by atoms with Crippen LogP contribution in [0.15, 0.2) is 29.2 Å². The van der Waals surface area contributed by atoms with Crippen LogP contribution in [0.1, 0.15) is 20.8 Å². The summed E-state index contributed by atoms with van der Waals surface area (Å²) in [4.78, 5) is 2.71. The number of nitrogens with one attached hydrogen (secondary N) is 1.